The van der Waals surface area contributed by atoms with Crippen LogP contribution in [-0.2, 0) is 6.54 Å². The third-order valence-corrected chi connectivity index (χ3v) is 3.29. The lowest BCUT2D eigenvalue weighted by Crippen LogP contribution is -2.43. The van der Waals surface area contributed by atoms with Gasteiger partial charge in [0, 0.05) is 18.6 Å². The maximum Gasteiger partial charge on any atom is 0.0234 e. The Hall–Kier alpha value is -0.860. The number of nitrogens with zero attached hydrogens (tertiary/aromatic N) is 1. The molecule has 0 aliphatic rings. The van der Waals surface area contributed by atoms with Gasteiger partial charge in [0.05, 0.1) is 0 Å². The smallest absolute Gasteiger partial charge is 0.0234 e. The molecule has 17 heavy (non-hydrogen) atoms. The van der Waals surface area contributed by atoms with Crippen molar-refractivity contribution in [3.05, 3.63) is 34.4 Å². The first-order chi connectivity index (χ1) is 7.70. The summed E-state index contributed by atoms with van der Waals surface area (Å²) in [4.78, 5) is 2.29. The van der Waals surface area contributed by atoms with Crippen molar-refractivity contribution in [2.24, 2.45) is 5.73 Å². The van der Waals surface area contributed by atoms with Crippen molar-refractivity contribution < 1.29 is 0 Å². The van der Waals surface area contributed by atoms with Crippen LogP contribution in [0.25, 0.3) is 0 Å². The minimum atomic E-state index is -0.137. The maximum absolute atomic E-state index is 6.04. The monoisotopic (exact) mass is 234 g/mol. The highest BCUT2D eigenvalue weighted by molar-refractivity contribution is 5.38. The van der Waals surface area contributed by atoms with Gasteiger partial charge in [-0.1, -0.05) is 12.1 Å². The molecule has 2 N–H and O–H groups in total. The van der Waals surface area contributed by atoms with E-state index in [0.29, 0.717) is 0 Å². The zero-order valence-corrected chi connectivity index (χ0v) is 12.1. The lowest BCUT2D eigenvalue weighted by molar-refractivity contribution is 0.263. The Morgan fingerprint density at radius 1 is 1.12 bits per heavy atom. The molecule has 0 amide bonds. The van der Waals surface area contributed by atoms with E-state index in [4.69, 9.17) is 5.73 Å². The van der Waals surface area contributed by atoms with Crippen LogP contribution in [0, 0.1) is 20.8 Å². The summed E-state index contributed by atoms with van der Waals surface area (Å²) in [5, 5.41) is 0. The van der Waals surface area contributed by atoms with Crippen LogP contribution in [-0.4, -0.2) is 24.0 Å². The van der Waals surface area contributed by atoms with Crippen LogP contribution in [0.3, 0.4) is 0 Å². The lowest BCUT2D eigenvalue weighted by atomic mass is 9.98. The van der Waals surface area contributed by atoms with Gasteiger partial charge in [0.1, 0.15) is 0 Å². The van der Waals surface area contributed by atoms with Gasteiger partial charge in [0.25, 0.3) is 0 Å². The van der Waals surface area contributed by atoms with E-state index in [0.717, 1.165) is 13.1 Å². The Labute approximate surface area is 106 Å². The van der Waals surface area contributed by atoms with Gasteiger partial charge in [-0.2, -0.15) is 0 Å². The van der Waals surface area contributed by atoms with Gasteiger partial charge in [0.15, 0.2) is 0 Å². The molecule has 0 radical (unpaired) electrons. The molecule has 2 nitrogen and oxygen atoms in total. The van der Waals surface area contributed by atoms with Crippen LogP contribution in [0.15, 0.2) is 12.1 Å². The lowest BCUT2D eigenvalue weighted by Gasteiger charge is -2.27. The van der Waals surface area contributed by atoms with Gasteiger partial charge in [-0.15, -0.1) is 0 Å². The first-order valence-electron chi connectivity index (χ1n) is 6.24. The van der Waals surface area contributed by atoms with E-state index in [9.17, 15) is 0 Å². The van der Waals surface area contributed by atoms with Crippen molar-refractivity contribution in [1.29, 1.82) is 0 Å². The molecule has 1 aromatic carbocycles. The Balaban J connectivity index is 2.79. The fraction of sp³-hybridized carbons (Fsp3) is 0.600. The van der Waals surface area contributed by atoms with Crippen LogP contribution in [0.1, 0.15) is 36.1 Å². The molecule has 96 valence electrons. The Morgan fingerprint density at radius 3 is 2.24 bits per heavy atom. The molecule has 0 fully saturated rings. The summed E-state index contributed by atoms with van der Waals surface area (Å²) in [5.74, 6) is 0. The minimum Gasteiger partial charge on any atom is -0.324 e. The van der Waals surface area contributed by atoms with Crippen LogP contribution < -0.4 is 5.73 Å². The summed E-state index contributed by atoms with van der Waals surface area (Å²) >= 11 is 0. The van der Waals surface area contributed by atoms with Crippen molar-refractivity contribution >= 4 is 0 Å². The summed E-state index contributed by atoms with van der Waals surface area (Å²) in [5.41, 5.74) is 11.5. The number of likely N-dealkylation sites (N-methyl/N-ethyl adjacent to an activating group) is 1. The van der Waals surface area contributed by atoms with Crippen molar-refractivity contribution in [1.82, 2.24) is 4.90 Å². The van der Waals surface area contributed by atoms with E-state index in [2.05, 4.69) is 58.7 Å². The van der Waals surface area contributed by atoms with Crippen molar-refractivity contribution in [3.8, 4) is 0 Å². The second kappa shape index (κ2) is 5.19. The van der Waals surface area contributed by atoms with E-state index in [1.807, 2.05) is 0 Å². The van der Waals surface area contributed by atoms with E-state index in [1.54, 1.807) is 0 Å². The highest BCUT2D eigenvalue weighted by Gasteiger charge is 2.15. The zero-order valence-electron chi connectivity index (χ0n) is 12.1. The summed E-state index contributed by atoms with van der Waals surface area (Å²) in [6.45, 7) is 12.6. The third kappa shape index (κ3) is 4.14. The predicted molar refractivity (Wildman–Crippen MR) is 75.3 cm³/mol. The molecular formula is C15H26N2. The van der Waals surface area contributed by atoms with Crippen molar-refractivity contribution in [3.63, 3.8) is 0 Å². The van der Waals surface area contributed by atoms with E-state index >= 15 is 0 Å². The molecule has 0 unspecified atom stereocenters. The van der Waals surface area contributed by atoms with Crippen molar-refractivity contribution in [2.45, 2.75) is 46.7 Å². The Morgan fingerprint density at radius 2 is 1.71 bits per heavy atom. The van der Waals surface area contributed by atoms with Gasteiger partial charge < -0.3 is 10.6 Å². The second-order valence-corrected chi connectivity index (χ2v) is 5.95. The molecule has 0 saturated carbocycles. The third-order valence-electron chi connectivity index (χ3n) is 3.29. The summed E-state index contributed by atoms with van der Waals surface area (Å²) in [7, 11) is 2.13. The Kier molecular flexibility index (Phi) is 4.34. The molecular weight excluding hydrogens is 208 g/mol. The fourth-order valence-corrected chi connectivity index (χ4v) is 2.23. The number of hydrogen-bond donors (Lipinski definition) is 1. The largest absolute Gasteiger partial charge is 0.324 e. The van der Waals surface area contributed by atoms with Gasteiger partial charge in [-0.25, -0.2) is 0 Å². The van der Waals surface area contributed by atoms with Gasteiger partial charge in [0.2, 0.25) is 0 Å². The van der Waals surface area contributed by atoms with Crippen LogP contribution in [0.2, 0.25) is 0 Å². The highest BCUT2D eigenvalue weighted by atomic mass is 15.1. The molecule has 0 aliphatic carbocycles. The molecule has 0 saturated heterocycles. The standard InChI is InChI=1S/C15H26N2/c1-11-7-8-14(13(3)12(11)2)9-17(6)10-15(4,5)16/h7-8H,9-10,16H2,1-6H3. The number of aryl methyl sites for hydroxylation is 1. The summed E-state index contributed by atoms with van der Waals surface area (Å²) in [6.07, 6.45) is 0. The average molecular weight is 234 g/mol. The highest BCUT2D eigenvalue weighted by Crippen LogP contribution is 2.18. The molecule has 2 heteroatoms. The van der Waals surface area contributed by atoms with Crippen molar-refractivity contribution in [2.75, 3.05) is 13.6 Å². The molecule has 0 spiro atoms. The average Bonchev–Trinajstić information content (AvgIpc) is 2.16. The summed E-state index contributed by atoms with van der Waals surface area (Å²) in [6, 6.07) is 4.44. The number of hydrogen-bond acceptors (Lipinski definition) is 2. The number of nitrogens with two attached hydrogens (primary N) is 1. The molecule has 0 heterocycles. The zero-order chi connectivity index (χ0) is 13.2. The Bertz CT molecular complexity index is 389. The van der Waals surface area contributed by atoms with Gasteiger partial charge >= 0.3 is 0 Å². The first-order valence-corrected chi connectivity index (χ1v) is 6.24. The first kappa shape index (κ1) is 14.2. The maximum atomic E-state index is 6.04. The molecule has 0 atom stereocenters. The predicted octanol–water partition coefficient (Wildman–Crippen LogP) is 2.78. The molecule has 0 bridgehead atoms. The van der Waals surface area contributed by atoms with Crippen LogP contribution >= 0.6 is 0 Å². The summed E-state index contributed by atoms with van der Waals surface area (Å²) < 4.78 is 0. The van der Waals surface area contributed by atoms with E-state index < -0.39 is 0 Å². The van der Waals surface area contributed by atoms with E-state index in [-0.39, 0.29) is 5.54 Å². The molecule has 1 rings (SSSR count). The molecule has 1 aromatic rings. The normalized spacial score (nSPS) is 12.2. The SMILES string of the molecule is Cc1ccc(CN(C)CC(C)(C)N)c(C)c1C. The quantitative estimate of drug-likeness (QED) is 0.868. The van der Waals surface area contributed by atoms with E-state index in [1.165, 1.54) is 22.3 Å². The van der Waals surface area contributed by atoms with Gasteiger partial charge in [-0.3, -0.25) is 0 Å². The minimum absolute atomic E-state index is 0.137. The molecule has 0 aliphatic heterocycles. The molecule has 0 aromatic heterocycles. The topological polar surface area (TPSA) is 29.3 Å². The van der Waals surface area contributed by atoms with Gasteiger partial charge in [-0.05, 0) is 63.9 Å². The second-order valence-electron chi connectivity index (χ2n) is 5.95. The number of benzene rings is 1. The fourth-order valence-electron chi connectivity index (χ4n) is 2.23. The van der Waals surface area contributed by atoms with Crippen LogP contribution in [0.5, 0.6) is 0 Å². The van der Waals surface area contributed by atoms with Crippen LogP contribution in [0.4, 0.5) is 0 Å². The number of rotatable bonds is 4.